The molecule has 0 radical (unpaired) electrons. The van der Waals surface area contributed by atoms with Crippen molar-refractivity contribution in [3.05, 3.63) is 29.6 Å². The number of halogens is 1. The second-order valence-electron chi connectivity index (χ2n) is 4.45. The van der Waals surface area contributed by atoms with Crippen LogP contribution in [-0.2, 0) is 21.4 Å². The van der Waals surface area contributed by atoms with E-state index in [1.165, 1.54) is 17.4 Å². The SMILES string of the molecule is CN(C1CCOC1)S(=O)(=O)c1cc(F)ccc1CO. The van der Waals surface area contributed by atoms with Crippen molar-refractivity contribution in [2.75, 3.05) is 20.3 Å². The number of likely N-dealkylation sites (N-methyl/N-ethyl adjacent to an activating group) is 1. The van der Waals surface area contributed by atoms with E-state index in [2.05, 4.69) is 0 Å². The van der Waals surface area contributed by atoms with Gasteiger partial charge in [0.25, 0.3) is 0 Å². The molecule has 0 saturated carbocycles. The Balaban J connectivity index is 2.40. The van der Waals surface area contributed by atoms with Gasteiger partial charge in [-0.3, -0.25) is 0 Å². The van der Waals surface area contributed by atoms with Crippen LogP contribution in [0.3, 0.4) is 0 Å². The third-order valence-electron chi connectivity index (χ3n) is 3.28. The number of hydrogen-bond donors (Lipinski definition) is 1. The average molecular weight is 289 g/mol. The van der Waals surface area contributed by atoms with Crippen LogP contribution in [0.15, 0.2) is 23.1 Å². The maximum atomic E-state index is 13.3. The van der Waals surface area contributed by atoms with E-state index in [0.29, 0.717) is 19.6 Å². The predicted molar refractivity (Wildman–Crippen MR) is 66.5 cm³/mol. The predicted octanol–water partition coefficient (Wildman–Crippen LogP) is 0.727. The van der Waals surface area contributed by atoms with Gasteiger partial charge in [0.2, 0.25) is 10.0 Å². The van der Waals surface area contributed by atoms with Gasteiger partial charge in [0.05, 0.1) is 24.2 Å². The second kappa shape index (κ2) is 5.54. The number of benzene rings is 1. The van der Waals surface area contributed by atoms with E-state index in [1.807, 2.05) is 0 Å². The first-order valence-electron chi connectivity index (χ1n) is 5.92. The number of ether oxygens (including phenoxy) is 1. The minimum Gasteiger partial charge on any atom is -0.392 e. The first-order valence-corrected chi connectivity index (χ1v) is 7.36. The highest BCUT2D eigenvalue weighted by Gasteiger charge is 2.32. The van der Waals surface area contributed by atoms with Gasteiger partial charge in [-0.1, -0.05) is 6.07 Å². The van der Waals surface area contributed by atoms with Crippen LogP contribution in [0.2, 0.25) is 0 Å². The zero-order valence-electron chi connectivity index (χ0n) is 10.5. The molecule has 7 heteroatoms. The Hall–Kier alpha value is -1.02. The second-order valence-corrected chi connectivity index (χ2v) is 6.41. The molecule has 1 N–H and O–H groups in total. The lowest BCUT2D eigenvalue weighted by molar-refractivity contribution is 0.180. The Bertz CT molecular complexity index is 555. The molecule has 1 atom stereocenters. The molecule has 1 saturated heterocycles. The Morgan fingerprint density at radius 3 is 2.84 bits per heavy atom. The van der Waals surface area contributed by atoms with Crippen LogP contribution in [0.1, 0.15) is 12.0 Å². The van der Waals surface area contributed by atoms with Gasteiger partial charge in [0, 0.05) is 13.7 Å². The van der Waals surface area contributed by atoms with E-state index < -0.39 is 22.4 Å². The van der Waals surface area contributed by atoms with Crippen molar-refractivity contribution >= 4 is 10.0 Å². The van der Waals surface area contributed by atoms with Gasteiger partial charge in [-0.05, 0) is 24.1 Å². The molecule has 0 aliphatic carbocycles. The Kier molecular flexibility index (Phi) is 4.19. The standard InChI is InChI=1S/C12H16FNO4S/c1-14(11-4-5-18-8-11)19(16,17)12-6-10(13)3-2-9(12)7-15/h2-3,6,11,15H,4-5,7-8H2,1H3. The van der Waals surface area contributed by atoms with Gasteiger partial charge in [-0.25, -0.2) is 12.8 Å². The van der Waals surface area contributed by atoms with Gasteiger partial charge in [-0.15, -0.1) is 0 Å². The topological polar surface area (TPSA) is 66.8 Å². The molecule has 5 nitrogen and oxygen atoms in total. The molecule has 0 amide bonds. The molecule has 1 aliphatic heterocycles. The van der Waals surface area contributed by atoms with E-state index in [4.69, 9.17) is 4.74 Å². The average Bonchev–Trinajstić information content (AvgIpc) is 2.91. The largest absolute Gasteiger partial charge is 0.392 e. The van der Waals surface area contributed by atoms with Crippen molar-refractivity contribution in [1.82, 2.24) is 4.31 Å². The van der Waals surface area contributed by atoms with Crippen LogP contribution in [-0.4, -0.2) is 44.1 Å². The molecule has 0 spiro atoms. The van der Waals surface area contributed by atoms with E-state index in [1.54, 1.807) is 0 Å². The lowest BCUT2D eigenvalue weighted by Crippen LogP contribution is -2.37. The van der Waals surface area contributed by atoms with Gasteiger partial charge in [0.1, 0.15) is 5.82 Å². The van der Waals surface area contributed by atoms with Crippen LogP contribution in [0.25, 0.3) is 0 Å². The summed E-state index contributed by atoms with van der Waals surface area (Å²) in [4.78, 5) is -0.190. The zero-order valence-corrected chi connectivity index (χ0v) is 11.4. The smallest absolute Gasteiger partial charge is 0.243 e. The number of nitrogens with zero attached hydrogens (tertiary/aromatic N) is 1. The number of aliphatic hydroxyl groups is 1. The molecule has 1 aromatic rings. The Labute approximate surface area is 111 Å². The summed E-state index contributed by atoms with van der Waals surface area (Å²) in [6, 6.07) is 3.09. The summed E-state index contributed by atoms with van der Waals surface area (Å²) in [6.07, 6.45) is 0.611. The van der Waals surface area contributed by atoms with E-state index >= 15 is 0 Å². The van der Waals surface area contributed by atoms with Crippen LogP contribution in [0.5, 0.6) is 0 Å². The molecule has 2 rings (SSSR count). The normalized spacial score (nSPS) is 20.1. The zero-order chi connectivity index (χ0) is 14.0. The van der Waals surface area contributed by atoms with E-state index in [0.717, 1.165) is 12.1 Å². The summed E-state index contributed by atoms with van der Waals surface area (Å²) >= 11 is 0. The van der Waals surface area contributed by atoms with Crippen molar-refractivity contribution < 1.29 is 22.7 Å². The Morgan fingerprint density at radius 1 is 1.53 bits per heavy atom. The molecular weight excluding hydrogens is 273 g/mol. The third kappa shape index (κ3) is 2.79. The summed E-state index contributed by atoms with van der Waals surface area (Å²) in [5, 5.41) is 9.19. The van der Waals surface area contributed by atoms with Gasteiger partial charge in [0.15, 0.2) is 0 Å². The first-order chi connectivity index (χ1) is 8.96. The summed E-state index contributed by atoms with van der Waals surface area (Å²) in [5.74, 6) is -0.646. The summed E-state index contributed by atoms with van der Waals surface area (Å²) in [7, 11) is -2.39. The minimum atomic E-state index is -3.83. The van der Waals surface area contributed by atoms with Gasteiger partial charge >= 0.3 is 0 Å². The molecule has 1 heterocycles. The van der Waals surface area contributed by atoms with E-state index in [-0.39, 0.29) is 16.5 Å². The van der Waals surface area contributed by atoms with Gasteiger partial charge in [-0.2, -0.15) is 4.31 Å². The lowest BCUT2D eigenvalue weighted by Gasteiger charge is -2.23. The van der Waals surface area contributed by atoms with Crippen LogP contribution < -0.4 is 0 Å². The number of aliphatic hydroxyl groups excluding tert-OH is 1. The molecule has 1 unspecified atom stereocenters. The summed E-state index contributed by atoms with van der Waals surface area (Å²) < 4.78 is 44.5. The first kappa shape index (κ1) is 14.4. The van der Waals surface area contributed by atoms with Crippen molar-refractivity contribution in [1.29, 1.82) is 0 Å². The fourth-order valence-electron chi connectivity index (χ4n) is 2.06. The van der Waals surface area contributed by atoms with Crippen LogP contribution in [0.4, 0.5) is 4.39 Å². The van der Waals surface area contributed by atoms with Crippen molar-refractivity contribution in [3.8, 4) is 0 Å². The molecule has 1 aliphatic rings. The van der Waals surface area contributed by atoms with Crippen LogP contribution >= 0.6 is 0 Å². The highest BCUT2D eigenvalue weighted by molar-refractivity contribution is 7.89. The fourth-order valence-corrected chi connectivity index (χ4v) is 3.65. The van der Waals surface area contributed by atoms with Gasteiger partial charge < -0.3 is 9.84 Å². The van der Waals surface area contributed by atoms with Crippen molar-refractivity contribution in [2.45, 2.75) is 24.0 Å². The molecule has 0 aromatic heterocycles. The fraction of sp³-hybridized carbons (Fsp3) is 0.500. The lowest BCUT2D eigenvalue weighted by atomic mass is 10.2. The molecule has 0 bridgehead atoms. The highest BCUT2D eigenvalue weighted by atomic mass is 32.2. The number of sulfonamides is 1. The summed E-state index contributed by atoms with van der Waals surface area (Å²) in [5.41, 5.74) is 0.187. The minimum absolute atomic E-state index is 0.187. The number of hydrogen-bond acceptors (Lipinski definition) is 4. The van der Waals surface area contributed by atoms with Crippen molar-refractivity contribution in [3.63, 3.8) is 0 Å². The quantitative estimate of drug-likeness (QED) is 0.887. The molecule has 1 aromatic carbocycles. The monoisotopic (exact) mass is 289 g/mol. The molecule has 106 valence electrons. The van der Waals surface area contributed by atoms with Crippen LogP contribution in [0, 0.1) is 5.82 Å². The highest BCUT2D eigenvalue weighted by Crippen LogP contribution is 2.24. The third-order valence-corrected chi connectivity index (χ3v) is 5.27. The van der Waals surface area contributed by atoms with E-state index in [9.17, 15) is 17.9 Å². The van der Waals surface area contributed by atoms with Crippen molar-refractivity contribution in [2.24, 2.45) is 0 Å². The molecule has 1 fully saturated rings. The maximum Gasteiger partial charge on any atom is 0.243 e. The Morgan fingerprint density at radius 2 is 2.26 bits per heavy atom. The maximum absolute atomic E-state index is 13.3. The summed E-state index contributed by atoms with van der Waals surface area (Å²) in [6.45, 7) is 0.393. The molecule has 19 heavy (non-hydrogen) atoms. The number of rotatable bonds is 4. The molecular formula is C12H16FNO4S.